The SMILES string of the molecule is O=C(O)N1C[C@@H]2C[C@H]1CN2C1CC1. The van der Waals surface area contributed by atoms with Gasteiger partial charge in [0.15, 0.2) is 0 Å². The second-order valence-corrected chi connectivity index (χ2v) is 4.41. The molecule has 72 valence electrons. The minimum atomic E-state index is -0.733. The van der Waals surface area contributed by atoms with Crippen molar-refractivity contribution in [2.75, 3.05) is 13.1 Å². The summed E-state index contributed by atoms with van der Waals surface area (Å²) in [5.74, 6) is 0. The van der Waals surface area contributed by atoms with Crippen LogP contribution in [0.4, 0.5) is 4.79 Å². The Kier molecular flexibility index (Phi) is 1.39. The normalized spacial score (nSPS) is 38.6. The second-order valence-electron chi connectivity index (χ2n) is 4.41. The smallest absolute Gasteiger partial charge is 0.407 e. The lowest BCUT2D eigenvalue weighted by atomic mass is 10.2. The molecule has 4 heteroatoms. The van der Waals surface area contributed by atoms with Crippen molar-refractivity contribution in [1.29, 1.82) is 0 Å². The van der Waals surface area contributed by atoms with Crippen molar-refractivity contribution in [3.05, 3.63) is 0 Å². The number of hydrogen-bond acceptors (Lipinski definition) is 2. The Morgan fingerprint density at radius 2 is 1.92 bits per heavy atom. The third-order valence-electron chi connectivity index (χ3n) is 3.54. The largest absolute Gasteiger partial charge is 0.465 e. The van der Waals surface area contributed by atoms with Gasteiger partial charge in [-0.2, -0.15) is 0 Å². The predicted molar refractivity (Wildman–Crippen MR) is 46.7 cm³/mol. The summed E-state index contributed by atoms with van der Waals surface area (Å²) < 4.78 is 0. The number of carbonyl (C=O) groups is 1. The zero-order chi connectivity index (χ0) is 9.00. The molecule has 0 unspecified atom stereocenters. The molecular weight excluding hydrogens is 168 g/mol. The lowest BCUT2D eigenvalue weighted by Crippen LogP contribution is -2.48. The van der Waals surface area contributed by atoms with Gasteiger partial charge in [-0.15, -0.1) is 0 Å². The fourth-order valence-electron chi connectivity index (χ4n) is 2.79. The first-order chi connectivity index (χ1) is 6.25. The molecule has 0 aromatic heterocycles. The van der Waals surface area contributed by atoms with Crippen LogP contribution in [0.15, 0.2) is 0 Å². The summed E-state index contributed by atoms with van der Waals surface area (Å²) in [5, 5.41) is 8.88. The number of fused-ring (bicyclic) bond motifs is 2. The number of likely N-dealkylation sites (tertiary alicyclic amines) is 2. The van der Waals surface area contributed by atoms with Crippen LogP contribution < -0.4 is 0 Å². The first kappa shape index (κ1) is 7.62. The van der Waals surface area contributed by atoms with E-state index in [0.717, 1.165) is 25.6 Å². The molecule has 0 radical (unpaired) electrons. The number of piperazine rings is 1. The second kappa shape index (κ2) is 2.38. The number of rotatable bonds is 1. The molecule has 1 aliphatic carbocycles. The van der Waals surface area contributed by atoms with Gasteiger partial charge in [-0.25, -0.2) is 4.79 Å². The van der Waals surface area contributed by atoms with Gasteiger partial charge < -0.3 is 10.0 Å². The van der Waals surface area contributed by atoms with Crippen LogP contribution in [0.1, 0.15) is 19.3 Å². The van der Waals surface area contributed by atoms with E-state index in [2.05, 4.69) is 4.90 Å². The van der Waals surface area contributed by atoms with E-state index in [-0.39, 0.29) is 0 Å². The molecule has 1 amide bonds. The standard InChI is InChI=1S/C9H14N2O2/c12-9(13)11-5-7-3-8(11)4-10(7)6-1-2-6/h6-8H,1-5H2,(H,12,13)/t7-,8-/m0/s1. The highest BCUT2D eigenvalue weighted by atomic mass is 16.4. The van der Waals surface area contributed by atoms with E-state index < -0.39 is 6.09 Å². The lowest BCUT2D eigenvalue weighted by molar-refractivity contribution is 0.0999. The Bertz CT molecular complexity index is 252. The van der Waals surface area contributed by atoms with Crippen molar-refractivity contribution in [2.24, 2.45) is 0 Å². The van der Waals surface area contributed by atoms with Gasteiger partial charge in [0.25, 0.3) is 0 Å². The highest BCUT2D eigenvalue weighted by Crippen LogP contribution is 2.38. The average Bonchev–Trinajstić information content (AvgIpc) is 2.75. The summed E-state index contributed by atoms with van der Waals surface area (Å²) in [7, 11) is 0. The molecule has 3 fully saturated rings. The zero-order valence-electron chi connectivity index (χ0n) is 7.52. The van der Waals surface area contributed by atoms with E-state index in [0.29, 0.717) is 12.1 Å². The maximum Gasteiger partial charge on any atom is 0.407 e. The summed E-state index contributed by atoms with van der Waals surface area (Å²) in [4.78, 5) is 14.9. The molecular formula is C9H14N2O2. The van der Waals surface area contributed by atoms with Gasteiger partial charge in [0.05, 0.1) is 0 Å². The molecule has 2 saturated heterocycles. The molecule has 2 aliphatic heterocycles. The summed E-state index contributed by atoms with van der Waals surface area (Å²) >= 11 is 0. The van der Waals surface area contributed by atoms with Crippen molar-refractivity contribution in [2.45, 2.75) is 37.4 Å². The number of carboxylic acid groups (broad SMARTS) is 1. The fraction of sp³-hybridized carbons (Fsp3) is 0.889. The van der Waals surface area contributed by atoms with Crippen LogP contribution in [-0.2, 0) is 0 Å². The summed E-state index contributed by atoms with van der Waals surface area (Å²) in [6.07, 6.45) is 3.00. The Morgan fingerprint density at radius 3 is 2.38 bits per heavy atom. The molecule has 2 bridgehead atoms. The highest BCUT2D eigenvalue weighted by molar-refractivity contribution is 5.66. The van der Waals surface area contributed by atoms with Crippen molar-refractivity contribution in [3.8, 4) is 0 Å². The molecule has 0 aromatic carbocycles. The lowest BCUT2D eigenvalue weighted by Gasteiger charge is -2.32. The zero-order valence-corrected chi connectivity index (χ0v) is 7.52. The summed E-state index contributed by atoms with van der Waals surface area (Å²) in [5.41, 5.74) is 0. The minimum absolute atomic E-state index is 0.295. The highest BCUT2D eigenvalue weighted by Gasteiger charge is 2.49. The Labute approximate surface area is 77.1 Å². The Morgan fingerprint density at radius 1 is 1.15 bits per heavy atom. The van der Waals surface area contributed by atoms with E-state index >= 15 is 0 Å². The van der Waals surface area contributed by atoms with Crippen LogP contribution in [-0.4, -0.2) is 52.2 Å². The first-order valence-corrected chi connectivity index (χ1v) is 5.01. The minimum Gasteiger partial charge on any atom is -0.465 e. The van der Waals surface area contributed by atoms with Crippen molar-refractivity contribution < 1.29 is 9.90 Å². The topological polar surface area (TPSA) is 43.8 Å². The van der Waals surface area contributed by atoms with Crippen molar-refractivity contribution in [3.63, 3.8) is 0 Å². The van der Waals surface area contributed by atoms with Crippen LogP contribution in [0.2, 0.25) is 0 Å². The average molecular weight is 182 g/mol. The molecule has 0 spiro atoms. The number of hydrogen-bond donors (Lipinski definition) is 1. The fourth-order valence-corrected chi connectivity index (χ4v) is 2.79. The molecule has 2 atom stereocenters. The first-order valence-electron chi connectivity index (χ1n) is 5.01. The summed E-state index contributed by atoms with van der Waals surface area (Å²) in [6.45, 7) is 1.73. The third kappa shape index (κ3) is 1.05. The van der Waals surface area contributed by atoms with Gasteiger partial charge in [-0.05, 0) is 19.3 Å². The van der Waals surface area contributed by atoms with Gasteiger partial charge in [0.1, 0.15) is 0 Å². The Hall–Kier alpha value is -0.770. The molecule has 1 N–H and O–H groups in total. The molecule has 4 nitrogen and oxygen atoms in total. The van der Waals surface area contributed by atoms with Gasteiger partial charge >= 0.3 is 6.09 Å². The maximum absolute atomic E-state index is 10.8. The van der Waals surface area contributed by atoms with Crippen LogP contribution in [0, 0.1) is 0 Å². The van der Waals surface area contributed by atoms with E-state index in [9.17, 15) is 4.79 Å². The van der Waals surface area contributed by atoms with Gasteiger partial charge in [0.2, 0.25) is 0 Å². The molecule has 2 heterocycles. The van der Waals surface area contributed by atoms with E-state index in [4.69, 9.17) is 5.11 Å². The van der Waals surface area contributed by atoms with Gasteiger partial charge in [0, 0.05) is 31.2 Å². The maximum atomic E-state index is 10.8. The predicted octanol–water partition coefficient (Wildman–Crippen LogP) is 0.585. The quantitative estimate of drug-likeness (QED) is 0.645. The summed E-state index contributed by atoms with van der Waals surface area (Å²) in [6, 6.07) is 1.63. The van der Waals surface area contributed by atoms with Crippen LogP contribution in [0.3, 0.4) is 0 Å². The van der Waals surface area contributed by atoms with Crippen molar-refractivity contribution >= 4 is 6.09 Å². The number of amides is 1. The molecule has 3 rings (SSSR count). The van der Waals surface area contributed by atoms with E-state index in [1.807, 2.05) is 0 Å². The van der Waals surface area contributed by atoms with Gasteiger partial charge in [-0.3, -0.25) is 4.90 Å². The monoisotopic (exact) mass is 182 g/mol. The van der Waals surface area contributed by atoms with E-state index in [1.54, 1.807) is 4.90 Å². The third-order valence-corrected chi connectivity index (χ3v) is 3.54. The van der Waals surface area contributed by atoms with Crippen molar-refractivity contribution in [1.82, 2.24) is 9.80 Å². The van der Waals surface area contributed by atoms with Gasteiger partial charge in [-0.1, -0.05) is 0 Å². The molecule has 1 saturated carbocycles. The van der Waals surface area contributed by atoms with Crippen LogP contribution >= 0.6 is 0 Å². The Balaban J connectivity index is 1.71. The molecule has 13 heavy (non-hydrogen) atoms. The molecule has 3 aliphatic rings. The van der Waals surface area contributed by atoms with Crippen LogP contribution in [0.5, 0.6) is 0 Å². The van der Waals surface area contributed by atoms with E-state index in [1.165, 1.54) is 12.8 Å². The van der Waals surface area contributed by atoms with Crippen LogP contribution in [0.25, 0.3) is 0 Å². The molecule has 0 aromatic rings. The number of nitrogens with zero attached hydrogens (tertiary/aromatic N) is 2.